The molecule has 2 aromatic rings. The zero-order chi connectivity index (χ0) is 27.8. The van der Waals surface area contributed by atoms with Gasteiger partial charge in [-0.15, -0.1) is 0 Å². The molecule has 1 aliphatic heterocycles. The molecule has 0 radical (unpaired) electrons. The van der Waals surface area contributed by atoms with Crippen LogP contribution in [0.5, 0.6) is 5.75 Å². The molecule has 0 aliphatic carbocycles. The summed E-state index contributed by atoms with van der Waals surface area (Å²) in [6.45, 7) is 21.4. The van der Waals surface area contributed by atoms with E-state index in [9.17, 15) is 4.79 Å². The first-order valence-corrected chi connectivity index (χ1v) is 14.8. The van der Waals surface area contributed by atoms with Gasteiger partial charge in [0, 0.05) is 15.1 Å². The third kappa shape index (κ3) is 10.4. The number of ether oxygens (including phenoxy) is 1. The molecule has 36 heavy (non-hydrogen) atoms. The summed E-state index contributed by atoms with van der Waals surface area (Å²) in [6.07, 6.45) is 5.23. The van der Waals surface area contributed by atoms with Crippen molar-refractivity contribution >= 4 is 38.9 Å². The number of hydrogen-bond acceptors (Lipinski definition) is 2. The zero-order valence-corrected chi connectivity index (χ0v) is 26.5. The molecule has 0 saturated carbocycles. The first-order valence-electron chi connectivity index (χ1n) is 13.6. The standard InChI is InChI=1S/C22H22BrClO2.C6H14.2C2H6/c1-4-18(19-7-5-16(23)11-20(19)13(2)3)22(25)15-9-14-10-17(24)6-8-21(14)26-12-15;1-4-6(3)5-2;2*1-2/h4-8,10-11,13,15H,9,12H2,1-3H3;6H,4-5H2,1-3H3;2*1-2H3/b18-4+;;;. The van der Waals surface area contributed by atoms with Crippen molar-refractivity contribution in [2.45, 2.75) is 94.4 Å². The van der Waals surface area contributed by atoms with Crippen LogP contribution in [0.15, 0.2) is 46.9 Å². The molecule has 2 aromatic carbocycles. The van der Waals surface area contributed by atoms with E-state index in [0.29, 0.717) is 24.0 Å². The summed E-state index contributed by atoms with van der Waals surface area (Å²) in [5, 5.41) is 0.668. The number of halogens is 2. The SMILES string of the molecule is C/C=C(/C(=O)C1COc2ccc(Cl)cc2C1)c1ccc(Br)cc1C(C)C.CC.CC.CCC(C)CC. The number of fused-ring (bicyclic) bond motifs is 1. The highest BCUT2D eigenvalue weighted by Gasteiger charge is 2.29. The van der Waals surface area contributed by atoms with E-state index in [2.05, 4.69) is 56.6 Å². The van der Waals surface area contributed by atoms with Crippen molar-refractivity contribution in [3.63, 3.8) is 0 Å². The smallest absolute Gasteiger partial charge is 0.169 e. The first-order chi connectivity index (χ1) is 17.2. The highest BCUT2D eigenvalue weighted by molar-refractivity contribution is 9.10. The Kier molecular flexibility index (Phi) is 17.8. The Morgan fingerprint density at radius 1 is 1.06 bits per heavy atom. The Labute approximate surface area is 235 Å². The van der Waals surface area contributed by atoms with Crippen LogP contribution < -0.4 is 4.74 Å². The number of Topliss-reactive ketones (excluding diaryl/α,β-unsaturated/α-hetero) is 1. The molecular formula is C32H48BrClO2. The molecular weight excluding hydrogens is 532 g/mol. The number of hydrogen-bond donors (Lipinski definition) is 0. The molecule has 1 unspecified atom stereocenters. The van der Waals surface area contributed by atoms with Crippen molar-refractivity contribution in [2.24, 2.45) is 11.8 Å². The van der Waals surface area contributed by atoms with Crippen LogP contribution in [0.4, 0.5) is 0 Å². The van der Waals surface area contributed by atoms with Crippen molar-refractivity contribution in [3.05, 3.63) is 68.7 Å². The van der Waals surface area contributed by atoms with Gasteiger partial charge in [-0.25, -0.2) is 0 Å². The van der Waals surface area contributed by atoms with Crippen LogP contribution in [-0.4, -0.2) is 12.4 Å². The van der Waals surface area contributed by atoms with Crippen LogP contribution in [0.1, 0.15) is 105 Å². The Hall–Kier alpha value is -1.58. The largest absolute Gasteiger partial charge is 0.493 e. The van der Waals surface area contributed by atoms with Crippen molar-refractivity contribution in [1.82, 2.24) is 0 Å². The third-order valence-corrected chi connectivity index (χ3v) is 6.90. The summed E-state index contributed by atoms with van der Waals surface area (Å²) in [5.74, 6) is 2.02. The quantitative estimate of drug-likeness (QED) is 0.318. The van der Waals surface area contributed by atoms with Gasteiger partial charge < -0.3 is 4.74 Å². The molecule has 1 atom stereocenters. The molecule has 1 heterocycles. The maximum atomic E-state index is 13.3. The number of carbonyl (C=O) groups is 1. The Morgan fingerprint density at radius 2 is 1.67 bits per heavy atom. The lowest BCUT2D eigenvalue weighted by atomic mass is 9.84. The van der Waals surface area contributed by atoms with Crippen LogP contribution in [0.3, 0.4) is 0 Å². The van der Waals surface area contributed by atoms with Crippen molar-refractivity contribution < 1.29 is 9.53 Å². The number of allylic oxidation sites excluding steroid dienone is 2. The van der Waals surface area contributed by atoms with E-state index in [1.165, 1.54) is 18.4 Å². The minimum absolute atomic E-state index is 0.127. The van der Waals surface area contributed by atoms with Gasteiger partial charge in [-0.3, -0.25) is 4.79 Å². The van der Waals surface area contributed by atoms with Gasteiger partial charge in [0.1, 0.15) is 5.75 Å². The van der Waals surface area contributed by atoms with Gasteiger partial charge in [0.15, 0.2) is 5.78 Å². The predicted molar refractivity (Wildman–Crippen MR) is 163 cm³/mol. The highest BCUT2D eigenvalue weighted by atomic mass is 79.9. The lowest BCUT2D eigenvalue weighted by molar-refractivity contribution is -0.118. The van der Waals surface area contributed by atoms with E-state index in [1.54, 1.807) is 0 Å². The van der Waals surface area contributed by atoms with E-state index in [0.717, 1.165) is 32.8 Å². The second-order valence-electron chi connectivity index (χ2n) is 8.84. The molecule has 202 valence electrons. The molecule has 1 aliphatic rings. The van der Waals surface area contributed by atoms with E-state index in [1.807, 2.05) is 71.0 Å². The molecule has 2 nitrogen and oxygen atoms in total. The van der Waals surface area contributed by atoms with Crippen LogP contribution >= 0.6 is 27.5 Å². The number of benzene rings is 2. The second kappa shape index (κ2) is 18.6. The minimum Gasteiger partial charge on any atom is -0.493 e. The molecule has 0 N–H and O–H groups in total. The van der Waals surface area contributed by atoms with Crippen LogP contribution in [0.25, 0.3) is 5.57 Å². The summed E-state index contributed by atoms with van der Waals surface area (Å²) in [4.78, 5) is 13.3. The Balaban J connectivity index is 0.00000106. The fourth-order valence-corrected chi connectivity index (χ4v) is 4.30. The van der Waals surface area contributed by atoms with Gasteiger partial charge in [-0.05, 0) is 72.2 Å². The van der Waals surface area contributed by atoms with Crippen LogP contribution in [0, 0.1) is 11.8 Å². The predicted octanol–water partition coefficient (Wildman–Crippen LogP) is 10.9. The van der Waals surface area contributed by atoms with E-state index >= 15 is 0 Å². The normalized spacial score (nSPS) is 14.3. The van der Waals surface area contributed by atoms with E-state index < -0.39 is 0 Å². The van der Waals surface area contributed by atoms with E-state index in [-0.39, 0.29) is 11.7 Å². The zero-order valence-electron chi connectivity index (χ0n) is 24.2. The fraction of sp³-hybridized carbons (Fsp3) is 0.531. The molecule has 0 saturated heterocycles. The molecule has 0 fully saturated rings. The van der Waals surface area contributed by atoms with Crippen molar-refractivity contribution in [1.29, 1.82) is 0 Å². The van der Waals surface area contributed by atoms with Crippen LogP contribution in [0.2, 0.25) is 5.02 Å². The molecule has 0 spiro atoms. The van der Waals surface area contributed by atoms with Gasteiger partial charge >= 0.3 is 0 Å². The Morgan fingerprint density at radius 3 is 2.17 bits per heavy atom. The number of carbonyl (C=O) groups excluding carboxylic acids is 1. The summed E-state index contributed by atoms with van der Waals surface area (Å²) < 4.78 is 6.85. The van der Waals surface area contributed by atoms with Gasteiger partial charge in [-0.2, -0.15) is 0 Å². The summed E-state index contributed by atoms with van der Waals surface area (Å²) >= 11 is 9.64. The maximum Gasteiger partial charge on any atom is 0.169 e. The number of rotatable bonds is 6. The van der Waals surface area contributed by atoms with Gasteiger partial charge in [0.05, 0.1) is 12.5 Å². The molecule has 0 aromatic heterocycles. The maximum absolute atomic E-state index is 13.3. The summed E-state index contributed by atoms with van der Waals surface area (Å²) in [5.41, 5.74) is 3.94. The molecule has 4 heteroatoms. The monoisotopic (exact) mass is 578 g/mol. The second-order valence-corrected chi connectivity index (χ2v) is 10.2. The molecule has 0 amide bonds. The summed E-state index contributed by atoms with van der Waals surface area (Å²) in [7, 11) is 0. The highest BCUT2D eigenvalue weighted by Crippen LogP contribution is 2.35. The lowest BCUT2D eigenvalue weighted by Crippen LogP contribution is -2.29. The Bertz CT molecular complexity index is 945. The topological polar surface area (TPSA) is 26.3 Å². The number of ketones is 1. The average Bonchev–Trinajstić information content (AvgIpc) is 2.91. The van der Waals surface area contributed by atoms with Gasteiger partial charge in [-0.1, -0.05) is 115 Å². The van der Waals surface area contributed by atoms with Crippen LogP contribution in [-0.2, 0) is 11.2 Å². The third-order valence-electron chi connectivity index (χ3n) is 6.17. The van der Waals surface area contributed by atoms with Crippen molar-refractivity contribution in [2.75, 3.05) is 6.61 Å². The van der Waals surface area contributed by atoms with Gasteiger partial charge in [0.2, 0.25) is 0 Å². The molecule has 3 rings (SSSR count). The fourth-order valence-electron chi connectivity index (χ4n) is 3.73. The molecule has 0 bridgehead atoms. The minimum atomic E-state index is -0.198. The van der Waals surface area contributed by atoms with Crippen molar-refractivity contribution in [3.8, 4) is 5.75 Å². The first kappa shape index (κ1) is 34.4. The average molecular weight is 580 g/mol. The van der Waals surface area contributed by atoms with Gasteiger partial charge in [0.25, 0.3) is 0 Å². The lowest BCUT2D eigenvalue weighted by Gasteiger charge is -2.26. The summed E-state index contributed by atoms with van der Waals surface area (Å²) in [6, 6.07) is 11.7. The van der Waals surface area contributed by atoms with E-state index in [4.69, 9.17) is 16.3 Å².